The van der Waals surface area contributed by atoms with Crippen molar-refractivity contribution in [3.63, 3.8) is 0 Å². The van der Waals surface area contributed by atoms with Crippen molar-refractivity contribution in [2.24, 2.45) is 17.8 Å². The van der Waals surface area contributed by atoms with E-state index in [2.05, 4.69) is 6.26 Å². The fourth-order valence-electron chi connectivity index (χ4n) is 5.70. The molecule has 0 aromatic carbocycles. The second-order valence-electron chi connectivity index (χ2n) is 7.75. The lowest BCUT2D eigenvalue weighted by atomic mass is 9.68. The molecule has 4 aliphatic heterocycles. The number of fused-ring (bicyclic) bond motifs is 9. The lowest BCUT2D eigenvalue weighted by molar-refractivity contribution is -0.00324. The average molecular weight is 290 g/mol. The highest BCUT2D eigenvalue weighted by molar-refractivity contribution is 5.12. The van der Waals surface area contributed by atoms with Gasteiger partial charge in [-0.1, -0.05) is 6.42 Å². The van der Waals surface area contributed by atoms with E-state index in [-0.39, 0.29) is 0 Å². The van der Waals surface area contributed by atoms with Crippen molar-refractivity contribution in [3.05, 3.63) is 11.8 Å². The van der Waals surface area contributed by atoms with Gasteiger partial charge in [-0.2, -0.15) is 0 Å². The molecular formula is C18H26O3. The van der Waals surface area contributed by atoms with Crippen LogP contribution in [-0.4, -0.2) is 31.0 Å². The molecule has 5 fully saturated rings. The Balaban J connectivity index is 1.21. The van der Waals surface area contributed by atoms with E-state index in [1.54, 1.807) is 0 Å². The summed E-state index contributed by atoms with van der Waals surface area (Å²) < 4.78 is 18.4. The molecular weight excluding hydrogens is 264 g/mol. The van der Waals surface area contributed by atoms with E-state index in [9.17, 15) is 0 Å². The molecule has 0 N–H and O–H groups in total. The van der Waals surface area contributed by atoms with E-state index < -0.39 is 0 Å². The summed E-state index contributed by atoms with van der Waals surface area (Å²) in [4.78, 5) is 0. The fourth-order valence-corrected chi connectivity index (χ4v) is 5.70. The van der Waals surface area contributed by atoms with Crippen molar-refractivity contribution in [1.29, 1.82) is 0 Å². The number of rotatable bonds is 3. The van der Waals surface area contributed by atoms with Gasteiger partial charge in [0.15, 0.2) is 0 Å². The highest BCUT2D eigenvalue weighted by Crippen LogP contribution is 2.58. The molecule has 3 nitrogen and oxygen atoms in total. The van der Waals surface area contributed by atoms with Crippen molar-refractivity contribution < 1.29 is 14.2 Å². The minimum absolute atomic E-state index is 0.417. The normalized spacial score (nSPS) is 50.5. The Morgan fingerprint density at radius 1 is 0.952 bits per heavy atom. The summed E-state index contributed by atoms with van der Waals surface area (Å²) in [7, 11) is 0. The predicted octanol–water partition coefficient (Wildman–Crippen LogP) is 3.43. The van der Waals surface area contributed by atoms with Gasteiger partial charge in [-0.3, -0.25) is 0 Å². The van der Waals surface area contributed by atoms with Crippen molar-refractivity contribution in [2.75, 3.05) is 6.61 Å². The monoisotopic (exact) mass is 290 g/mol. The van der Waals surface area contributed by atoms with Crippen LogP contribution in [0, 0.1) is 17.8 Å². The second kappa shape index (κ2) is 4.99. The Morgan fingerprint density at radius 3 is 2.62 bits per heavy atom. The molecule has 0 radical (unpaired) electrons. The molecule has 116 valence electrons. The first kappa shape index (κ1) is 13.0. The molecule has 4 heterocycles. The van der Waals surface area contributed by atoms with Crippen LogP contribution in [-0.2, 0) is 14.2 Å². The lowest BCUT2D eigenvalue weighted by Crippen LogP contribution is -2.41. The SMILES string of the molecule is C(OCC1CC2OC1C1C3CCC(O3)C21)=C1CCCCC1. The van der Waals surface area contributed by atoms with E-state index in [1.165, 1.54) is 56.9 Å². The number of hydrogen-bond donors (Lipinski definition) is 0. The zero-order valence-electron chi connectivity index (χ0n) is 12.7. The standard InChI is InChI=1S/C18H26O3/c1-2-4-11(5-3-1)9-19-10-12-8-15-16-13-6-7-14(20-13)17(16)18(12)21-15/h9,12-18H,1-8,10H2. The summed E-state index contributed by atoms with van der Waals surface area (Å²) in [6.45, 7) is 0.852. The molecule has 1 saturated carbocycles. The maximum absolute atomic E-state index is 6.29. The smallest absolute Gasteiger partial charge is 0.0927 e. The van der Waals surface area contributed by atoms with Gasteiger partial charge in [0.1, 0.15) is 0 Å². The molecule has 4 bridgehead atoms. The fraction of sp³-hybridized carbons (Fsp3) is 0.889. The third-order valence-corrected chi connectivity index (χ3v) is 6.58. The minimum atomic E-state index is 0.417. The van der Waals surface area contributed by atoms with Crippen LogP contribution in [0.15, 0.2) is 11.8 Å². The molecule has 0 aromatic rings. The summed E-state index contributed by atoms with van der Waals surface area (Å²) in [5.41, 5.74) is 1.52. The first-order chi connectivity index (χ1) is 10.4. The van der Waals surface area contributed by atoms with Crippen LogP contribution in [0.25, 0.3) is 0 Å². The minimum Gasteiger partial charge on any atom is -0.501 e. The van der Waals surface area contributed by atoms with Crippen LogP contribution in [0.3, 0.4) is 0 Å². The third-order valence-electron chi connectivity index (χ3n) is 6.58. The molecule has 0 aromatic heterocycles. The highest BCUT2D eigenvalue weighted by atomic mass is 16.5. The van der Waals surface area contributed by atoms with Crippen molar-refractivity contribution in [3.8, 4) is 0 Å². The third kappa shape index (κ3) is 2.00. The van der Waals surface area contributed by atoms with E-state index in [0.717, 1.165) is 6.61 Å². The van der Waals surface area contributed by atoms with Crippen molar-refractivity contribution in [1.82, 2.24) is 0 Å². The zero-order valence-corrected chi connectivity index (χ0v) is 12.7. The molecule has 0 spiro atoms. The Bertz CT molecular complexity index is 438. The van der Waals surface area contributed by atoms with Gasteiger partial charge >= 0.3 is 0 Å². The van der Waals surface area contributed by atoms with Crippen LogP contribution in [0.2, 0.25) is 0 Å². The number of hydrogen-bond acceptors (Lipinski definition) is 3. The second-order valence-corrected chi connectivity index (χ2v) is 7.75. The van der Waals surface area contributed by atoms with E-state index in [0.29, 0.717) is 42.2 Å². The lowest BCUT2D eigenvalue weighted by Gasteiger charge is -2.32. The molecule has 7 atom stereocenters. The van der Waals surface area contributed by atoms with Gasteiger partial charge in [0, 0.05) is 17.8 Å². The maximum atomic E-state index is 6.29. The number of allylic oxidation sites excluding steroid dienone is 1. The van der Waals surface area contributed by atoms with Crippen molar-refractivity contribution in [2.45, 2.75) is 75.8 Å². The molecule has 21 heavy (non-hydrogen) atoms. The van der Waals surface area contributed by atoms with Crippen LogP contribution in [0.4, 0.5) is 0 Å². The Kier molecular flexibility index (Phi) is 3.08. The van der Waals surface area contributed by atoms with Gasteiger partial charge in [0.25, 0.3) is 0 Å². The number of ether oxygens (including phenoxy) is 3. The van der Waals surface area contributed by atoms with E-state index in [4.69, 9.17) is 14.2 Å². The van der Waals surface area contributed by atoms with Gasteiger partial charge in [-0.15, -0.1) is 0 Å². The molecule has 1 aliphatic carbocycles. The zero-order chi connectivity index (χ0) is 13.8. The first-order valence-corrected chi connectivity index (χ1v) is 9.00. The first-order valence-electron chi connectivity index (χ1n) is 9.00. The van der Waals surface area contributed by atoms with Crippen LogP contribution < -0.4 is 0 Å². The Labute approximate surface area is 127 Å². The maximum Gasteiger partial charge on any atom is 0.0927 e. The van der Waals surface area contributed by atoms with Crippen LogP contribution in [0.5, 0.6) is 0 Å². The van der Waals surface area contributed by atoms with Gasteiger partial charge in [-0.05, 0) is 50.5 Å². The largest absolute Gasteiger partial charge is 0.501 e. The average Bonchev–Trinajstić information content (AvgIpc) is 3.27. The molecule has 4 saturated heterocycles. The van der Waals surface area contributed by atoms with Gasteiger partial charge in [0.2, 0.25) is 0 Å². The Hall–Kier alpha value is -0.540. The molecule has 5 aliphatic rings. The molecule has 7 unspecified atom stereocenters. The van der Waals surface area contributed by atoms with Crippen LogP contribution in [0.1, 0.15) is 51.4 Å². The van der Waals surface area contributed by atoms with Crippen LogP contribution >= 0.6 is 0 Å². The Morgan fingerprint density at radius 2 is 1.76 bits per heavy atom. The summed E-state index contributed by atoms with van der Waals surface area (Å²) >= 11 is 0. The van der Waals surface area contributed by atoms with E-state index in [1.807, 2.05) is 0 Å². The van der Waals surface area contributed by atoms with Gasteiger partial charge in [-0.25, -0.2) is 0 Å². The summed E-state index contributed by atoms with van der Waals surface area (Å²) in [5.74, 6) is 1.99. The van der Waals surface area contributed by atoms with Gasteiger partial charge < -0.3 is 14.2 Å². The summed E-state index contributed by atoms with van der Waals surface area (Å²) in [6, 6.07) is 0. The topological polar surface area (TPSA) is 27.7 Å². The van der Waals surface area contributed by atoms with E-state index >= 15 is 0 Å². The summed E-state index contributed by atoms with van der Waals surface area (Å²) in [5, 5.41) is 0. The van der Waals surface area contributed by atoms with Gasteiger partial charge in [0.05, 0.1) is 37.3 Å². The molecule has 3 heteroatoms. The van der Waals surface area contributed by atoms with Crippen molar-refractivity contribution >= 4 is 0 Å². The quantitative estimate of drug-likeness (QED) is 0.745. The molecule has 0 amide bonds. The highest BCUT2D eigenvalue weighted by Gasteiger charge is 2.64. The molecule has 5 rings (SSSR count). The summed E-state index contributed by atoms with van der Waals surface area (Å²) in [6.07, 6.45) is 14.3. The predicted molar refractivity (Wildman–Crippen MR) is 78.8 cm³/mol.